The van der Waals surface area contributed by atoms with Crippen molar-refractivity contribution in [3.8, 4) is 5.75 Å². The highest BCUT2D eigenvalue weighted by atomic mass is 79.9. The molecule has 2 aromatic rings. The minimum Gasteiger partial charge on any atom is -0.493 e. The average Bonchev–Trinajstić information content (AvgIpc) is 2.48. The summed E-state index contributed by atoms with van der Waals surface area (Å²) in [7, 11) is 0. The molecule has 0 aliphatic carbocycles. The summed E-state index contributed by atoms with van der Waals surface area (Å²) in [6, 6.07) is 15.1. The molecule has 0 atom stereocenters. The van der Waals surface area contributed by atoms with E-state index < -0.39 is 0 Å². The van der Waals surface area contributed by atoms with Crippen molar-refractivity contribution in [1.82, 2.24) is 5.32 Å². The van der Waals surface area contributed by atoms with Crippen molar-refractivity contribution in [3.05, 3.63) is 58.6 Å². The molecule has 2 rings (SSSR count). The first-order chi connectivity index (χ1) is 10.6. The Bertz CT molecular complexity index is 632. The maximum absolute atomic E-state index is 11.7. The zero-order chi connectivity index (χ0) is 15.8. The quantitative estimate of drug-likeness (QED) is 0.750. The second-order valence-corrected chi connectivity index (χ2v) is 5.77. The van der Waals surface area contributed by atoms with Crippen LogP contribution in [-0.2, 0) is 0 Å². The zero-order valence-electron chi connectivity index (χ0n) is 12.4. The predicted octanol–water partition coefficient (Wildman–Crippen LogP) is 4.35. The Morgan fingerprint density at radius 1 is 1.18 bits per heavy atom. The predicted molar refractivity (Wildman–Crippen MR) is 92.5 cm³/mol. The van der Waals surface area contributed by atoms with Crippen LogP contribution in [0.5, 0.6) is 5.75 Å². The Morgan fingerprint density at radius 3 is 2.77 bits per heavy atom. The Balaban J connectivity index is 1.64. The van der Waals surface area contributed by atoms with Crippen molar-refractivity contribution in [3.63, 3.8) is 0 Å². The maximum atomic E-state index is 11.7. The topological polar surface area (TPSA) is 50.4 Å². The second kappa shape index (κ2) is 8.44. The number of anilines is 1. The highest BCUT2D eigenvalue weighted by Crippen LogP contribution is 2.16. The lowest BCUT2D eigenvalue weighted by atomic mass is 10.2. The molecule has 0 unspecified atom stereocenters. The number of amides is 2. The van der Waals surface area contributed by atoms with Crippen LogP contribution < -0.4 is 15.4 Å². The molecule has 22 heavy (non-hydrogen) atoms. The van der Waals surface area contributed by atoms with E-state index in [-0.39, 0.29) is 6.03 Å². The normalized spacial score (nSPS) is 10.1. The molecule has 5 heteroatoms. The van der Waals surface area contributed by atoms with Gasteiger partial charge in [0.2, 0.25) is 0 Å². The van der Waals surface area contributed by atoms with Gasteiger partial charge >= 0.3 is 6.03 Å². The van der Waals surface area contributed by atoms with Crippen LogP contribution in [-0.4, -0.2) is 19.2 Å². The van der Waals surface area contributed by atoms with E-state index in [0.29, 0.717) is 13.2 Å². The molecule has 2 amide bonds. The number of hydrogen-bond donors (Lipinski definition) is 2. The van der Waals surface area contributed by atoms with Crippen LogP contribution in [0.15, 0.2) is 53.0 Å². The number of carbonyl (C=O) groups is 1. The highest BCUT2D eigenvalue weighted by Gasteiger charge is 2.02. The Kier molecular flexibility index (Phi) is 6.27. The van der Waals surface area contributed by atoms with Gasteiger partial charge < -0.3 is 15.4 Å². The van der Waals surface area contributed by atoms with Gasteiger partial charge in [0.1, 0.15) is 5.75 Å². The molecule has 0 radical (unpaired) electrons. The summed E-state index contributed by atoms with van der Waals surface area (Å²) < 4.78 is 6.60. The molecular formula is C17H19BrN2O2. The van der Waals surface area contributed by atoms with E-state index in [1.54, 1.807) is 0 Å². The Labute approximate surface area is 139 Å². The summed E-state index contributed by atoms with van der Waals surface area (Å²) in [5.74, 6) is 0.890. The van der Waals surface area contributed by atoms with Crippen LogP contribution in [0.4, 0.5) is 10.5 Å². The molecule has 0 aliphatic heterocycles. The fourth-order valence-corrected chi connectivity index (χ4v) is 2.32. The molecular weight excluding hydrogens is 344 g/mol. The summed E-state index contributed by atoms with van der Waals surface area (Å²) in [6.45, 7) is 3.15. The third-order valence-electron chi connectivity index (χ3n) is 3.04. The number of benzene rings is 2. The van der Waals surface area contributed by atoms with Crippen LogP contribution in [0.2, 0.25) is 0 Å². The molecule has 0 spiro atoms. The first-order valence-electron chi connectivity index (χ1n) is 7.14. The van der Waals surface area contributed by atoms with Crippen LogP contribution in [0.25, 0.3) is 0 Å². The number of urea groups is 1. The number of rotatable bonds is 6. The molecule has 0 bridgehead atoms. The van der Waals surface area contributed by atoms with Crippen LogP contribution in [0, 0.1) is 6.92 Å². The van der Waals surface area contributed by atoms with Crippen molar-refractivity contribution in [2.75, 3.05) is 18.5 Å². The summed E-state index contributed by atoms with van der Waals surface area (Å²) in [5, 5.41) is 5.59. The molecule has 0 aliphatic rings. The molecule has 0 aromatic heterocycles. The molecule has 4 nitrogen and oxygen atoms in total. The summed E-state index contributed by atoms with van der Waals surface area (Å²) in [5.41, 5.74) is 1.87. The van der Waals surface area contributed by atoms with Gasteiger partial charge in [-0.1, -0.05) is 40.2 Å². The van der Waals surface area contributed by atoms with Crippen LogP contribution >= 0.6 is 15.9 Å². The van der Waals surface area contributed by atoms with Gasteiger partial charge in [0, 0.05) is 16.7 Å². The van der Waals surface area contributed by atoms with E-state index >= 15 is 0 Å². The summed E-state index contributed by atoms with van der Waals surface area (Å²) in [4.78, 5) is 11.7. The lowest BCUT2D eigenvalue weighted by molar-refractivity contribution is 0.250. The third-order valence-corrected chi connectivity index (χ3v) is 3.53. The monoisotopic (exact) mass is 362 g/mol. The number of carbonyl (C=O) groups excluding carboxylic acids is 1. The van der Waals surface area contributed by atoms with E-state index in [0.717, 1.165) is 27.9 Å². The molecule has 2 aromatic carbocycles. The number of nitrogens with one attached hydrogen (secondary N) is 2. The van der Waals surface area contributed by atoms with Gasteiger partial charge in [0.15, 0.2) is 0 Å². The molecule has 0 fully saturated rings. The average molecular weight is 363 g/mol. The Hall–Kier alpha value is -2.01. The minimum atomic E-state index is -0.214. The maximum Gasteiger partial charge on any atom is 0.319 e. The summed E-state index contributed by atoms with van der Waals surface area (Å²) in [6.07, 6.45) is 0.750. The lowest BCUT2D eigenvalue weighted by Crippen LogP contribution is -2.30. The summed E-state index contributed by atoms with van der Waals surface area (Å²) >= 11 is 3.36. The number of ether oxygens (including phenoxy) is 1. The molecule has 0 saturated heterocycles. The number of hydrogen-bond acceptors (Lipinski definition) is 2. The van der Waals surface area contributed by atoms with Crippen LogP contribution in [0.3, 0.4) is 0 Å². The fraction of sp³-hybridized carbons (Fsp3) is 0.235. The smallest absolute Gasteiger partial charge is 0.319 e. The van der Waals surface area contributed by atoms with Gasteiger partial charge in [-0.25, -0.2) is 4.79 Å². The molecule has 2 N–H and O–H groups in total. The van der Waals surface area contributed by atoms with Crippen LogP contribution in [0.1, 0.15) is 12.0 Å². The van der Waals surface area contributed by atoms with Gasteiger partial charge in [-0.15, -0.1) is 0 Å². The highest BCUT2D eigenvalue weighted by molar-refractivity contribution is 9.10. The number of aryl methyl sites for hydroxylation is 1. The number of halogens is 1. The minimum absolute atomic E-state index is 0.214. The lowest BCUT2D eigenvalue weighted by Gasteiger charge is -2.10. The molecule has 0 heterocycles. The molecule has 116 valence electrons. The van der Waals surface area contributed by atoms with Crippen molar-refractivity contribution in [2.24, 2.45) is 0 Å². The van der Waals surface area contributed by atoms with Crippen molar-refractivity contribution < 1.29 is 9.53 Å². The van der Waals surface area contributed by atoms with E-state index in [4.69, 9.17) is 4.74 Å². The van der Waals surface area contributed by atoms with Gasteiger partial charge in [-0.2, -0.15) is 0 Å². The first kappa shape index (κ1) is 16.4. The van der Waals surface area contributed by atoms with Gasteiger partial charge in [0.25, 0.3) is 0 Å². The Morgan fingerprint density at radius 2 is 2.00 bits per heavy atom. The SMILES string of the molecule is Cc1ccccc1OCCCNC(=O)Nc1cccc(Br)c1. The van der Waals surface area contributed by atoms with Gasteiger partial charge in [0.05, 0.1) is 6.61 Å². The van der Waals surface area contributed by atoms with E-state index in [1.807, 2.05) is 55.5 Å². The number of para-hydroxylation sites is 1. The van der Waals surface area contributed by atoms with Crippen molar-refractivity contribution in [1.29, 1.82) is 0 Å². The van der Waals surface area contributed by atoms with E-state index in [9.17, 15) is 4.79 Å². The van der Waals surface area contributed by atoms with E-state index in [2.05, 4.69) is 26.6 Å². The zero-order valence-corrected chi connectivity index (χ0v) is 14.0. The largest absolute Gasteiger partial charge is 0.493 e. The molecule has 0 saturated carbocycles. The fourth-order valence-electron chi connectivity index (χ4n) is 1.92. The van der Waals surface area contributed by atoms with E-state index in [1.165, 1.54) is 0 Å². The van der Waals surface area contributed by atoms with Gasteiger partial charge in [-0.3, -0.25) is 0 Å². The standard InChI is InChI=1S/C17H19BrN2O2/c1-13-6-2-3-9-16(13)22-11-5-10-19-17(21)20-15-8-4-7-14(18)12-15/h2-4,6-9,12H,5,10-11H2,1H3,(H2,19,20,21). The van der Waals surface area contributed by atoms with Gasteiger partial charge in [-0.05, 0) is 43.2 Å². The second-order valence-electron chi connectivity index (χ2n) is 4.86. The van der Waals surface area contributed by atoms with Crippen molar-refractivity contribution in [2.45, 2.75) is 13.3 Å². The third kappa shape index (κ3) is 5.41. The van der Waals surface area contributed by atoms with Crippen molar-refractivity contribution >= 4 is 27.6 Å². The first-order valence-corrected chi connectivity index (χ1v) is 7.93.